The van der Waals surface area contributed by atoms with Gasteiger partial charge in [0.05, 0.1) is 25.4 Å². The summed E-state index contributed by atoms with van der Waals surface area (Å²) in [5.41, 5.74) is 1.97. The molecule has 0 radical (unpaired) electrons. The summed E-state index contributed by atoms with van der Waals surface area (Å²) in [5, 5.41) is 20.9. The minimum atomic E-state index is -0.521. The molecule has 2 aliphatic heterocycles. The molecule has 2 aliphatic rings. The maximum absolute atomic E-state index is 12.7. The molecule has 2 saturated heterocycles. The van der Waals surface area contributed by atoms with Crippen LogP contribution < -0.4 is 0 Å². The Kier molecular flexibility index (Phi) is 3.72. The van der Waals surface area contributed by atoms with E-state index in [1.54, 1.807) is 23.1 Å². The van der Waals surface area contributed by atoms with Crippen molar-refractivity contribution in [3.63, 3.8) is 0 Å². The van der Waals surface area contributed by atoms with Gasteiger partial charge in [-0.2, -0.15) is 15.4 Å². The summed E-state index contributed by atoms with van der Waals surface area (Å²) in [6, 6.07) is 5.24. The minimum Gasteiger partial charge on any atom is -0.390 e. The number of aliphatic hydroxyl groups excluding tert-OH is 1. The normalized spacial score (nSPS) is 26.0. The molecule has 2 aromatic rings. The van der Waals surface area contributed by atoms with Gasteiger partial charge in [0.25, 0.3) is 5.91 Å². The van der Waals surface area contributed by atoms with Crippen molar-refractivity contribution >= 4 is 16.9 Å². The van der Waals surface area contributed by atoms with Gasteiger partial charge in [-0.05, 0) is 18.2 Å². The van der Waals surface area contributed by atoms with Crippen LogP contribution in [0.2, 0.25) is 0 Å². The van der Waals surface area contributed by atoms with Gasteiger partial charge in [0.1, 0.15) is 11.0 Å². The second-order valence-electron chi connectivity index (χ2n) is 6.02. The lowest BCUT2D eigenvalue weighted by Gasteiger charge is -2.33. The van der Waals surface area contributed by atoms with E-state index in [4.69, 9.17) is 4.74 Å². The van der Waals surface area contributed by atoms with Crippen molar-refractivity contribution in [3.8, 4) is 0 Å². The number of nitrogens with one attached hydrogen (secondary N) is 1. The number of hydrogen-bond acceptors (Lipinski definition) is 6. The van der Waals surface area contributed by atoms with Gasteiger partial charge >= 0.3 is 0 Å². The fraction of sp³-hybridized carbons (Fsp3) is 0.533. The van der Waals surface area contributed by atoms with E-state index in [-0.39, 0.29) is 11.9 Å². The van der Waals surface area contributed by atoms with Crippen LogP contribution in [0.5, 0.6) is 0 Å². The molecule has 0 spiro atoms. The molecule has 122 valence electrons. The maximum atomic E-state index is 12.7. The Bertz CT molecular complexity index is 712. The standard InChI is InChI=1S/C15H19N5O3/c21-14-9-20(8-13(14)19-3-5-23-6-4-19)15(22)10-1-2-11-12(7-10)17-18-16-11/h1-2,7,13-14,21H,3-6,8-9H2,(H,16,17,18)/t13-,14-/m1/s1. The van der Waals surface area contributed by atoms with E-state index in [0.717, 1.165) is 18.6 Å². The van der Waals surface area contributed by atoms with Crippen molar-refractivity contribution in [2.75, 3.05) is 39.4 Å². The zero-order valence-electron chi connectivity index (χ0n) is 12.7. The van der Waals surface area contributed by atoms with Crippen LogP contribution in [0.25, 0.3) is 11.0 Å². The highest BCUT2D eigenvalue weighted by Gasteiger charge is 2.38. The predicted octanol–water partition coefficient (Wildman–Crippen LogP) is -0.525. The number of benzene rings is 1. The highest BCUT2D eigenvalue weighted by Crippen LogP contribution is 2.21. The van der Waals surface area contributed by atoms with Gasteiger partial charge in [-0.3, -0.25) is 9.69 Å². The fourth-order valence-electron chi connectivity index (χ4n) is 3.36. The van der Waals surface area contributed by atoms with Gasteiger partial charge in [0, 0.05) is 31.7 Å². The minimum absolute atomic E-state index is 0.0152. The van der Waals surface area contributed by atoms with Gasteiger partial charge in [-0.1, -0.05) is 0 Å². The molecule has 3 heterocycles. The number of ether oxygens (including phenoxy) is 1. The number of amides is 1. The van der Waals surface area contributed by atoms with Crippen LogP contribution >= 0.6 is 0 Å². The van der Waals surface area contributed by atoms with E-state index in [1.807, 2.05) is 0 Å². The third-order valence-electron chi connectivity index (χ3n) is 4.62. The lowest BCUT2D eigenvalue weighted by atomic mass is 10.1. The SMILES string of the molecule is O=C(c1ccc2n[nH]nc2c1)N1C[C@@H](O)[C@H](N2CCOCC2)C1. The number of β-amino-alcohol motifs (C(OH)–C–C–N with tert-alkyl or cyclic N) is 1. The van der Waals surface area contributed by atoms with Crippen molar-refractivity contribution in [2.24, 2.45) is 0 Å². The number of carbonyl (C=O) groups excluding carboxylic acids is 1. The molecule has 0 bridgehead atoms. The largest absolute Gasteiger partial charge is 0.390 e. The number of aliphatic hydroxyl groups is 1. The molecule has 0 aliphatic carbocycles. The Morgan fingerprint density at radius 1 is 1.22 bits per heavy atom. The molecule has 0 unspecified atom stereocenters. The number of rotatable bonds is 2. The molecular formula is C15H19N5O3. The Morgan fingerprint density at radius 2 is 2.00 bits per heavy atom. The molecule has 8 heteroatoms. The van der Waals surface area contributed by atoms with Gasteiger partial charge in [-0.15, -0.1) is 0 Å². The molecule has 2 atom stereocenters. The fourth-order valence-corrected chi connectivity index (χ4v) is 3.36. The van der Waals surface area contributed by atoms with Crippen LogP contribution in [-0.2, 0) is 4.74 Å². The van der Waals surface area contributed by atoms with Crippen LogP contribution in [0.15, 0.2) is 18.2 Å². The van der Waals surface area contributed by atoms with Crippen molar-refractivity contribution in [1.82, 2.24) is 25.2 Å². The first-order valence-corrected chi connectivity index (χ1v) is 7.82. The molecule has 1 aromatic heterocycles. The molecule has 1 aromatic carbocycles. The Labute approximate surface area is 133 Å². The Morgan fingerprint density at radius 3 is 2.83 bits per heavy atom. The van der Waals surface area contributed by atoms with Crippen LogP contribution in [0, 0.1) is 0 Å². The van der Waals surface area contributed by atoms with Crippen LogP contribution in [0.4, 0.5) is 0 Å². The summed E-state index contributed by atoms with van der Waals surface area (Å²) in [5.74, 6) is -0.0790. The number of aromatic nitrogens is 3. The average Bonchev–Trinajstić information content (AvgIpc) is 3.20. The summed E-state index contributed by atoms with van der Waals surface area (Å²) in [6.45, 7) is 3.86. The first kappa shape index (κ1) is 14.6. The summed E-state index contributed by atoms with van der Waals surface area (Å²) in [4.78, 5) is 16.6. The maximum Gasteiger partial charge on any atom is 0.254 e. The number of likely N-dealkylation sites (tertiary alicyclic amines) is 1. The predicted molar refractivity (Wildman–Crippen MR) is 82.0 cm³/mol. The van der Waals surface area contributed by atoms with Crippen molar-refractivity contribution in [2.45, 2.75) is 12.1 Å². The third kappa shape index (κ3) is 2.69. The lowest BCUT2D eigenvalue weighted by molar-refractivity contribution is -0.00611. The summed E-state index contributed by atoms with van der Waals surface area (Å²) in [6.07, 6.45) is -0.521. The summed E-state index contributed by atoms with van der Waals surface area (Å²) >= 11 is 0. The summed E-state index contributed by atoms with van der Waals surface area (Å²) in [7, 11) is 0. The summed E-state index contributed by atoms with van der Waals surface area (Å²) < 4.78 is 5.35. The van der Waals surface area contributed by atoms with Gasteiger partial charge in [-0.25, -0.2) is 0 Å². The van der Waals surface area contributed by atoms with E-state index in [9.17, 15) is 9.90 Å². The van der Waals surface area contributed by atoms with Gasteiger partial charge < -0.3 is 14.7 Å². The zero-order chi connectivity index (χ0) is 15.8. The highest BCUT2D eigenvalue weighted by molar-refractivity contribution is 5.97. The zero-order valence-corrected chi connectivity index (χ0v) is 12.7. The van der Waals surface area contributed by atoms with E-state index < -0.39 is 6.10 Å². The molecular weight excluding hydrogens is 298 g/mol. The number of fused-ring (bicyclic) bond motifs is 1. The van der Waals surface area contributed by atoms with E-state index in [0.29, 0.717) is 37.4 Å². The topological polar surface area (TPSA) is 94.6 Å². The first-order chi connectivity index (χ1) is 11.2. The van der Waals surface area contributed by atoms with E-state index in [2.05, 4.69) is 20.3 Å². The molecule has 2 N–H and O–H groups in total. The van der Waals surface area contributed by atoms with Crippen molar-refractivity contribution < 1.29 is 14.6 Å². The second-order valence-corrected chi connectivity index (χ2v) is 6.02. The molecule has 1 amide bonds. The van der Waals surface area contributed by atoms with Crippen molar-refractivity contribution in [3.05, 3.63) is 23.8 Å². The molecule has 23 heavy (non-hydrogen) atoms. The third-order valence-corrected chi connectivity index (χ3v) is 4.62. The quantitative estimate of drug-likeness (QED) is 0.774. The lowest BCUT2D eigenvalue weighted by Crippen LogP contribution is -2.49. The molecule has 2 fully saturated rings. The number of aromatic amines is 1. The Hall–Kier alpha value is -2.03. The molecule has 4 rings (SSSR count). The van der Waals surface area contributed by atoms with Crippen LogP contribution in [0.3, 0.4) is 0 Å². The van der Waals surface area contributed by atoms with Gasteiger partial charge in [0.15, 0.2) is 0 Å². The number of morpholine rings is 1. The van der Waals surface area contributed by atoms with Crippen LogP contribution in [-0.4, -0.2) is 87.8 Å². The highest BCUT2D eigenvalue weighted by atomic mass is 16.5. The second kappa shape index (κ2) is 5.88. The number of nitrogens with zero attached hydrogens (tertiary/aromatic N) is 4. The van der Waals surface area contributed by atoms with E-state index in [1.165, 1.54) is 0 Å². The molecule has 8 nitrogen and oxygen atoms in total. The first-order valence-electron chi connectivity index (χ1n) is 7.82. The van der Waals surface area contributed by atoms with E-state index >= 15 is 0 Å². The number of H-pyrrole nitrogens is 1. The monoisotopic (exact) mass is 317 g/mol. The van der Waals surface area contributed by atoms with Crippen molar-refractivity contribution in [1.29, 1.82) is 0 Å². The van der Waals surface area contributed by atoms with Gasteiger partial charge in [0.2, 0.25) is 0 Å². The van der Waals surface area contributed by atoms with Crippen LogP contribution in [0.1, 0.15) is 10.4 Å². The number of carbonyl (C=O) groups is 1. The average molecular weight is 317 g/mol. The Balaban J connectivity index is 1.50. The number of hydrogen-bond donors (Lipinski definition) is 2. The molecule has 0 saturated carbocycles. The smallest absolute Gasteiger partial charge is 0.254 e.